The van der Waals surface area contributed by atoms with Crippen molar-refractivity contribution in [2.75, 3.05) is 31.1 Å². The summed E-state index contributed by atoms with van der Waals surface area (Å²) in [5.41, 5.74) is 7.47. The number of hydrogen-bond acceptors (Lipinski definition) is 3. The molecule has 1 aliphatic heterocycles. The lowest BCUT2D eigenvalue weighted by Gasteiger charge is -2.36. The zero-order valence-electron chi connectivity index (χ0n) is 16.5. The molecule has 4 rings (SSSR count). The summed E-state index contributed by atoms with van der Waals surface area (Å²) in [5.74, 6) is 0.103. The second kappa shape index (κ2) is 6.72. The number of pyridine rings is 1. The van der Waals surface area contributed by atoms with Crippen LogP contribution >= 0.6 is 0 Å². The van der Waals surface area contributed by atoms with Crippen molar-refractivity contribution in [2.45, 2.75) is 27.7 Å². The molecule has 5 nitrogen and oxygen atoms in total. The second-order valence-electron chi connectivity index (χ2n) is 7.56. The highest BCUT2D eigenvalue weighted by Crippen LogP contribution is 2.27. The first-order valence-corrected chi connectivity index (χ1v) is 9.50. The number of aryl methyl sites for hydroxylation is 4. The van der Waals surface area contributed by atoms with Crippen LogP contribution in [-0.4, -0.2) is 47.0 Å². The Morgan fingerprint density at radius 2 is 1.78 bits per heavy atom. The van der Waals surface area contributed by atoms with E-state index in [9.17, 15) is 4.79 Å². The molecule has 0 bridgehead atoms. The monoisotopic (exact) mass is 362 g/mol. The van der Waals surface area contributed by atoms with Gasteiger partial charge in [0.25, 0.3) is 5.91 Å². The van der Waals surface area contributed by atoms with Crippen molar-refractivity contribution in [3.05, 3.63) is 58.5 Å². The number of hydrogen-bond donors (Lipinski definition) is 1. The molecule has 140 valence electrons. The van der Waals surface area contributed by atoms with Crippen LogP contribution in [0, 0.1) is 27.7 Å². The van der Waals surface area contributed by atoms with Gasteiger partial charge in [-0.2, -0.15) is 0 Å². The van der Waals surface area contributed by atoms with Crippen molar-refractivity contribution in [1.29, 1.82) is 0 Å². The van der Waals surface area contributed by atoms with E-state index in [1.165, 1.54) is 16.8 Å². The highest BCUT2D eigenvalue weighted by molar-refractivity contribution is 6.01. The maximum atomic E-state index is 13.1. The molecule has 1 fully saturated rings. The van der Waals surface area contributed by atoms with Crippen molar-refractivity contribution < 1.29 is 4.79 Å². The van der Waals surface area contributed by atoms with Crippen LogP contribution in [0.15, 0.2) is 30.5 Å². The van der Waals surface area contributed by atoms with Crippen molar-refractivity contribution in [2.24, 2.45) is 0 Å². The number of benzene rings is 1. The molecule has 1 saturated heterocycles. The molecule has 1 amide bonds. The van der Waals surface area contributed by atoms with Gasteiger partial charge in [0.05, 0.1) is 0 Å². The molecular formula is C22H26N4O. The highest BCUT2D eigenvalue weighted by Gasteiger charge is 2.25. The van der Waals surface area contributed by atoms with Crippen molar-refractivity contribution in [3.8, 4) is 0 Å². The summed E-state index contributed by atoms with van der Waals surface area (Å²) in [6.45, 7) is 11.4. The smallest absolute Gasteiger partial charge is 0.270 e. The van der Waals surface area contributed by atoms with Crippen LogP contribution in [0.1, 0.15) is 32.9 Å². The van der Waals surface area contributed by atoms with Gasteiger partial charge < -0.3 is 14.8 Å². The summed E-state index contributed by atoms with van der Waals surface area (Å²) in [6.07, 6.45) is 1.85. The standard InChI is InChI=1S/C22H26N4O/c1-14-11-15(2)20-19(12-14)17(4)21(24-20)22(27)26-9-7-25(8-10-26)18-5-6-23-16(3)13-18/h5-6,11-13,24H,7-10H2,1-4H3. The molecule has 0 unspecified atom stereocenters. The first-order valence-electron chi connectivity index (χ1n) is 9.50. The minimum atomic E-state index is 0.103. The van der Waals surface area contributed by atoms with E-state index in [0.717, 1.165) is 54.0 Å². The molecule has 3 aromatic rings. The Morgan fingerprint density at radius 1 is 1.04 bits per heavy atom. The number of anilines is 1. The largest absolute Gasteiger partial charge is 0.368 e. The van der Waals surface area contributed by atoms with Gasteiger partial charge in [0, 0.05) is 54.7 Å². The van der Waals surface area contributed by atoms with E-state index in [1.54, 1.807) is 0 Å². The Kier molecular flexibility index (Phi) is 4.38. The minimum absolute atomic E-state index is 0.103. The SMILES string of the molecule is Cc1cc(C)c2[nH]c(C(=O)N3CCN(c4ccnc(C)c4)CC3)c(C)c2c1. The molecular weight excluding hydrogens is 336 g/mol. The van der Waals surface area contributed by atoms with Crippen molar-refractivity contribution in [1.82, 2.24) is 14.9 Å². The van der Waals surface area contributed by atoms with E-state index in [1.807, 2.05) is 31.0 Å². The van der Waals surface area contributed by atoms with Gasteiger partial charge in [0.2, 0.25) is 0 Å². The predicted octanol–water partition coefficient (Wildman–Crippen LogP) is 3.76. The van der Waals surface area contributed by atoms with Crippen molar-refractivity contribution >= 4 is 22.5 Å². The van der Waals surface area contributed by atoms with E-state index in [4.69, 9.17) is 0 Å². The Balaban J connectivity index is 1.54. The molecule has 0 aliphatic carbocycles. The van der Waals surface area contributed by atoms with Crippen LogP contribution in [0.25, 0.3) is 10.9 Å². The van der Waals surface area contributed by atoms with Crippen LogP contribution in [0.2, 0.25) is 0 Å². The lowest BCUT2D eigenvalue weighted by Crippen LogP contribution is -2.49. The number of fused-ring (bicyclic) bond motifs is 1. The Labute approximate surface area is 160 Å². The summed E-state index contributed by atoms with van der Waals surface area (Å²) in [4.78, 5) is 25.1. The van der Waals surface area contributed by atoms with Gasteiger partial charge in [0.15, 0.2) is 0 Å². The molecule has 2 aromatic heterocycles. The van der Waals surface area contributed by atoms with E-state index >= 15 is 0 Å². The maximum absolute atomic E-state index is 13.1. The summed E-state index contributed by atoms with van der Waals surface area (Å²) < 4.78 is 0. The number of nitrogens with zero attached hydrogens (tertiary/aromatic N) is 3. The van der Waals surface area contributed by atoms with Gasteiger partial charge in [-0.25, -0.2) is 0 Å². The Morgan fingerprint density at radius 3 is 2.48 bits per heavy atom. The molecule has 27 heavy (non-hydrogen) atoms. The first kappa shape index (κ1) is 17.6. The van der Waals surface area contributed by atoms with E-state index in [-0.39, 0.29) is 5.91 Å². The molecule has 0 radical (unpaired) electrons. The van der Waals surface area contributed by atoms with Crippen LogP contribution < -0.4 is 4.90 Å². The zero-order valence-corrected chi connectivity index (χ0v) is 16.5. The summed E-state index contributed by atoms with van der Waals surface area (Å²) >= 11 is 0. The van der Waals surface area contributed by atoms with E-state index < -0.39 is 0 Å². The number of carbonyl (C=O) groups is 1. The molecule has 1 aliphatic rings. The third kappa shape index (κ3) is 3.18. The van der Waals surface area contributed by atoms with Crippen LogP contribution in [0.4, 0.5) is 5.69 Å². The fourth-order valence-corrected chi connectivity index (χ4v) is 4.05. The quantitative estimate of drug-likeness (QED) is 0.755. The fourth-order valence-electron chi connectivity index (χ4n) is 4.05. The maximum Gasteiger partial charge on any atom is 0.270 e. The van der Waals surface area contributed by atoms with E-state index in [2.05, 4.69) is 46.9 Å². The summed E-state index contributed by atoms with van der Waals surface area (Å²) in [7, 11) is 0. The average Bonchev–Trinajstić information content (AvgIpc) is 2.98. The topological polar surface area (TPSA) is 52.2 Å². The molecule has 3 heterocycles. The fraction of sp³-hybridized carbons (Fsp3) is 0.364. The Hall–Kier alpha value is -2.82. The molecule has 1 aromatic carbocycles. The average molecular weight is 362 g/mol. The highest BCUT2D eigenvalue weighted by atomic mass is 16.2. The molecule has 0 atom stereocenters. The molecule has 0 saturated carbocycles. The van der Waals surface area contributed by atoms with Crippen LogP contribution in [0.5, 0.6) is 0 Å². The number of H-pyrrole nitrogens is 1. The van der Waals surface area contributed by atoms with Gasteiger partial charge in [-0.05, 0) is 57.0 Å². The minimum Gasteiger partial charge on any atom is -0.368 e. The van der Waals surface area contributed by atoms with Gasteiger partial charge in [0.1, 0.15) is 5.69 Å². The van der Waals surface area contributed by atoms with Crippen LogP contribution in [-0.2, 0) is 0 Å². The molecule has 1 N–H and O–H groups in total. The number of rotatable bonds is 2. The first-order chi connectivity index (χ1) is 12.9. The normalized spacial score (nSPS) is 14.8. The number of carbonyl (C=O) groups excluding carboxylic acids is 1. The third-order valence-corrected chi connectivity index (χ3v) is 5.54. The van der Waals surface area contributed by atoms with Crippen molar-refractivity contribution in [3.63, 3.8) is 0 Å². The van der Waals surface area contributed by atoms with Crippen LogP contribution in [0.3, 0.4) is 0 Å². The molecule has 0 spiro atoms. The number of piperazine rings is 1. The van der Waals surface area contributed by atoms with Gasteiger partial charge in [-0.1, -0.05) is 11.6 Å². The molecule has 5 heteroatoms. The Bertz CT molecular complexity index is 1010. The predicted molar refractivity (Wildman–Crippen MR) is 110 cm³/mol. The summed E-state index contributed by atoms with van der Waals surface area (Å²) in [6, 6.07) is 8.46. The number of nitrogens with one attached hydrogen (secondary N) is 1. The number of aromatic nitrogens is 2. The number of amides is 1. The van der Waals surface area contributed by atoms with E-state index in [0.29, 0.717) is 0 Å². The van der Waals surface area contributed by atoms with Gasteiger partial charge in [-0.15, -0.1) is 0 Å². The van der Waals surface area contributed by atoms with Gasteiger partial charge >= 0.3 is 0 Å². The lowest BCUT2D eigenvalue weighted by atomic mass is 10.1. The lowest BCUT2D eigenvalue weighted by molar-refractivity contribution is 0.0741. The van der Waals surface area contributed by atoms with Gasteiger partial charge in [-0.3, -0.25) is 9.78 Å². The second-order valence-corrected chi connectivity index (χ2v) is 7.56. The number of aromatic amines is 1. The third-order valence-electron chi connectivity index (χ3n) is 5.54. The summed E-state index contributed by atoms with van der Waals surface area (Å²) in [5, 5.41) is 1.15. The zero-order chi connectivity index (χ0) is 19.1.